The molecule has 3 rings (SSSR count). The fraction of sp³-hybridized carbons (Fsp3) is 1.00. The van der Waals surface area contributed by atoms with E-state index in [-0.39, 0.29) is 0 Å². The van der Waals surface area contributed by atoms with Gasteiger partial charge in [0.05, 0.1) is 6.17 Å². The molecule has 4 heteroatoms. The topological polar surface area (TPSA) is 9.72 Å². The third-order valence-corrected chi connectivity index (χ3v) is 6.70. The van der Waals surface area contributed by atoms with E-state index < -0.39 is 6.17 Å². The monoisotopic (exact) mass is 339 g/mol. The Bertz CT molecular complexity index is 420. The van der Waals surface area contributed by atoms with Gasteiger partial charge in [0.25, 0.3) is 0 Å². The SMILES string of the molecule is CCN1CC(F)CC(CN2C3C(CCCN3C)CC2C(C)(C)C)C1. The highest BCUT2D eigenvalue weighted by molar-refractivity contribution is 5.00. The molecular weight excluding hydrogens is 301 g/mol. The average molecular weight is 340 g/mol. The Balaban J connectivity index is 1.76. The van der Waals surface area contributed by atoms with Crippen LogP contribution in [0.4, 0.5) is 4.39 Å². The summed E-state index contributed by atoms with van der Waals surface area (Å²) in [5.41, 5.74) is 0.298. The maximum absolute atomic E-state index is 14.2. The average Bonchev–Trinajstić information content (AvgIpc) is 2.87. The molecule has 5 atom stereocenters. The maximum atomic E-state index is 14.2. The van der Waals surface area contributed by atoms with E-state index in [1.807, 2.05) is 0 Å². The van der Waals surface area contributed by atoms with Crippen LogP contribution in [0.2, 0.25) is 0 Å². The quantitative estimate of drug-likeness (QED) is 0.780. The fourth-order valence-electron chi connectivity index (χ4n) is 5.62. The van der Waals surface area contributed by atoms with Crippen LogP contribution >= 0.6 is 0 Å². The van der Waals surface area contributed by atoms with Gasteiger partial charge in [0, 0.05) is 25.7 Å². The molecule has 3 saturated heterocycles. The van der Waals surface area contributed by atoms with E-state index in [9.17, 15) is 4.39 Å². The lowest BCUT2D eigenvalue weighted by molar-refractivity contribution is -0.0181. The molecule has 0 saturated carbocycles. The Kier molecular flexibility index (Phi) is 5.58. The van der Waals surface area contributed by atoms with Crippen LogP contribution in [0.25, 0.3) is 0 Å². The van der Waals surface area contributed by atoms with Gasteiger partial charge < -0.3 is 4.90 Å². The Morgan fingerprint density at radius 3 is 2.54 bits per heavy atom. The molecule has 3 fully saturated rings. The van der Waals surface area contributed by atoms with Gasteiger partial charge in [0.2, 0.25) is 0 Å². The number of halogens is 1. The van der Waals surface area contributed by atoms with Crippen molar-refractivity contribution < 1.29 is 4.39 Å². The number of nitrogens with zero attached hydrogens (tertiary/aromatic N) is 3. The summed E-state index contributed by atoms with van der Waals surface area (Å²) < 4.78 is 14.2. The molecule has 0 bridgehead atoms. The van der Waals surface area contributed by atoms with Crippen molar-refractivity contribution in [2.45, 2.75) is 71.8 Å². The molecule has 0 spiro atoms. The van der Waals surface area contributed by atoms with Crippen LogP contribution in [-0.2, 0) is 0 Å². The molecule has 3 aliphatic heterocycles. The molecule has 3 heterocycles. The van der Waals surface area contributed by atoms with Crippen molar-refractivity contribution in [3.05, 3.63) is 0 Å². The van der Waals surface area contributed by atoms with Crippen LogP contribution < -0.4 is 0 Å². The van der Waals surface area contributed by atoms with Crippen LogP contribution in [0.1, 0.15) is 53.4 Å². The molecule has 0 aromatic carbocycles. The zero-order valence-electron chi connectivity index (χ0n) is 16.5. The number of alkyl halides is 1. The van der Waals surface area contributed by atoms with E-state index in [4.69, 9.17) is 0 Å². The van der Waals surface area contributed by atoms with Crippen LogP contribution in [0.15, 0.2) is 0 Å². The third-order valence-electron chi connectivity index (χ3n) is 6.70. The Hall–Kier alpha value is -0.190. The molecule has 0 aliphatic carbocycles. The van der Waals surface area contributed by atoms with Crippen molar-refractivity contribution >= 4 is 0 Å². The smallest absolute Gasteiger partial charge is 0.113 e. The zero-order chi connectivity index (χ0) is 17.5. The molecule has 0 N–H and O–H groups in total. The number of hydrogen-bond donors (Lipinski definition) is 0. The number of hydrogen-bond acceptors (Lipinski definition) is 3. The summed E-state index contributed by atoms with van der Waals surface area (Å²) in [5.74, 6) is 1.28. The van der Waals surface area contributed by atoms with Crippen LogP contribution in [0.3, 0.4) is 0 Å². The summed E-state index contributed by atoms with van der Waals surface area (Å²) in [4.78, 5) is 7.66. The summed E-state index contributed by atoms with van der Waals surface area (Å²) in [7, 11) is 2.30. The molecule has 0 aromatic rings. The standard InChI is InChI=1S/C20H38FN3/c1-6-23-12-15(10-17(21)14-23)13-24-18(20(2,3)4)11-16-8-7-9-22(5)19(16)24/h15-19H,6-14H2,1-5H3. The second-order valence-corrected chi connectivity index (χ2v) is 9.66. The minimum absolute atomic E-state index is 0.298. The first kappa shape index (κ1) is 18.6. The fourth-order valence-corrected chi connectivity index (χ4v) is 5.62. The lowest BCUT2D eigenvalue weighted by Gasteiger charge is -2.45. The molecule has 5 unspecified atom stereocenters. The van der Waals surface area contributed by atoms with Crippen LogP contribution in [0, 0.1) is 17.3 Å². The van der Waals surface area contributed by atoms with Crippen molar-refractivity contribution in [2.75, 3.05) is 39.8 Å². The van der Waals surface area contributed by atoms with Gasteiger partial charge >= 0.3 is 0 Å². The highest BCUT2D eigenvalue weighted by atomic mass is 19.1. The van der Waals surface area contributed by atoms with Crippen molar-refractivity contribution in [2.24, 2.45) is 17.3 Å². The van der Waals surface area contributed by atoms with E-state index in [2.05, 4.69) is 49.4 Å². The van der Waals surface area contributed by atoms with E-state index >= 15 is 0 Å². The Morgan fingerprint density at radius 1 is 1.12 bits per heavy atom. The first-order chi connectivity index (χ1) is 11.3. The molecule has 0 aromatic heterocycles. The summed E-state index contributed by atoms with van der Waals surface area (Å²) in [6, 6.07) is 0.628. The van der Waals surface area contributed by atoms with E-state index in [0.717, 1.165) is 32.0 Å². The normalized spacial score (nSPS) is 40.0. The predicted molar refractivity (Wildman–Crippen MR) is 98.8 cm³/mol. The molecule has 3 aliphatic rings. The second kappa shape index (κ2) is 7.20. The largest absolute Gasteiger partial charge is 0.300 e. The van der Waals surface area contributed by atoms with Crippen molar-refractivity contribution in [1.82, 2.24) is 14.7 Å². The second-order valence-electron chi connectivity index (χ2n) is 9.66. The number of likely N-dealkylation sites (tertiary alicyclic amines) is 3. The van der Waals surface area contributed by atoms with Gasteiger partial charge in [-0.15, -0.1) is 0 Å². The maximum Gasteiger partial charge on any atom is 0.113 e. The molecular formula is C20H38FN3. The van der Waals surface area contributed by atoms with E-state index in [1.54, 1.807) is 0 Å². The van der Waals surface area contributed by atoms with E-state index in [1.165, 1.54) is 25.8 Å². The summed E-state index contributed by atoms with van der Waals surface area (Å²) in [6.07, 6.45) is 4.72. The number of piperidine rings is 2. The molecule has 0 amide bonds. The minimum atomic E-state index is -0.640. The van der Waals surface area contributed by atoms with Gasteiger partial charge in [-0.05, 0) is 63.1 Å². The molecule has 140 valence electrons. The van der Waals surface area contributed by atoms with Crippen molar-refractivity contribution in [1.29, 1.82) is 0 Å². The first-order valence-corrected chi connectivity index (χ1v) is 10.1. The van der Waals surface area contributed by atoms with Gasteiger partial charge in [-0.1, -0.05) is 27.7 Å². The van der Waals surface area contributed by atoms with Crippen LogP contribution in [-0.4, -0.2) is 72.9 Å². The van der Waals surface area contributed by atoms with Crippen molar-refractivity contribution in [3.8, 4) is 0 Å². The van der Waals surface area contributed by atoms with Gasteiger partial charge in [0.1, 0.15) is 6.17 Å². The first-order valence-electron chi connectivity index (χ1n) is 10.1. The van der Waals surface area contributed by atoms with Gasteiger partial charge in [-0.25, -0.2) is 4.39 Å². The Labute approximate surface area is 148 Å². The van der Waals surface area contributed by atoms with E-state index in [0.29, 0.717) is 30.1 Å². The molecule has 3 nitrogen and oxygen atoms in total. The minimum Gasteiger partial charge on any atom is -0.300 e. The zero-order valence-corrected chi connectivity index (χ0v) is 16.5. The highest BCUT2D eigenvalue weighted by Gasteiger charge is 2.49. The molecule has 24 heavy (non-hydrogen) atoms. The number of rotatable bonds is 3. The predicted octanol–water partition coefficient (Wildman–Crippen LogP) is 3.45. The Morgan fingerprint density at radius 2 is 1.88 bits per heavy atom. The van der Waals surface area contributed by atoms with Gasteiger partial charge in [-0.2, -0.15) is 0 Å². The third kappa shape index (κ3) is 3.81. The summed E-state index contributed by atoms with van der Waals surface area (Å²) in [6.45, 7) is 14.3. The summed E-state index contributed by atoms with van der Waals surface area (Å²) in [5, 5.41) is 0. The van der Waals surface area contributed by atoms with Gasteiger partial charge in [-0.3, -0.25) is 9.80 Å². The summed E-state index contributed by atoms with van der Waals surface area (Å²) >= 11 is 0. The van der Waals surface area contributed by atoms with Gasteiger partial charge in [0.15, 0.2) is 0 Å². The van der Waals surface area contributed by atoms with Crippen molar-refractivity contribution in [3.63, 3.8) is 0 Å². The van der Waals surface area contributed by atoms with Crippen LogP contribution in [0.5, 0.6) is 0 Å². The highest BCUT2D eigenvalue weighted by Crippen LogP contribution is 2.44. The number of fused-ring (bicyclic) bond motifs is 1. The lowest BCUT2D eigenvalue weighted by atomic mass is 9.82. The lowest BCUT2D eigenvalue weighted by Crippen LogP contribution is -2.55. The molecule has 0 radical (unpaired) electrons.